The van der Waals surface area contributed by atoms with E-state index < -0.39 is 16.2 Å². The number of sulfonamides is 1. The summed E-state index contributed by atoms with van der Waals surface area (Å²) in [6, 6.07) is 23.9. The molecule has 6 nitrogen and oxygen atoms in total. The summed E-state index contributed by atoms with van der Waals surface area (Å²) in [7, 11) is -3.60. The van der Waals surface area contributed by atoms with E-state index in [1.165, 1.54) is 5.56 Å². The third kappa shape index (κ3) is 4.95. The minimum atomic E-state index is -3.60. The summed E-state index contributed by atoms with van der Waals surface area (Å²) in [5.41, 5.74) is 3.07. The van der Waals surface area contributed by atoms with Gasteiger partial charge in [0, 0.05) is 11.6 Å². The Morgan fingerprint density at radius 1 is 0.968 bits per heavy atom. The number of hydrogen-bond donors (Lipinski definition) is 3. The van der Waals surface area contributed by atoms with Crippen LogP contribution in [-0.4, -0.2) is 20.4 Å². The van der Waals surface area contributed by atoms with Crippen LogP contribution in [0.15, 0.2) is 83.8 Å². The zero-order chi connectivity index (χ0) is 21.8. The summed E-state index contributed by atoms with van der Waals surface area (Å²) in [5, 5.41) is 6.22. The molecule has 1 heterocycles. The van der Waals surface area contributed by atoms with Crippen molar-refractivity contribution >= 4 is 21.6 Å². The van der Waals surface area contributed by atoms with Crippen molar-refractivity contribution < 1.29 is 13.2 Å². The van der Waals surface area contributed by atoms with Crippen LogP contribution in [0.5, 0.6) is 0 Å². The molecule has 1 aliphatic heterocycles. The van der Waals surface area contributed by atoms with Gasteiger partial charge in [-0.3, -0.25) is 4.79 Å². The Bertz CT molecular complexity index is 1160. The van der Waals surface area contributed by atoms with Gasteiger partial charge < -0.3 is 10.6 Å². The maximum atomic E-state index is 12.6. The van der Waals surface area contributed by atoms with Gasteiger partial charge >= 0.3 is 0 Å². The zero-order valence-electron chi connectivity index (χ0n) is 17.2. The molecule has 0 bridgehead atoms. The normalized spacial score (nSPS) is 17.8. The Morgan fingerprint density at radius 2 is 1.65 bits per heavy atom. The van der Waals surface area contributed by atoms with Crippen LogP contribution in [0.3, 0.4) is 0 Å². The lowest BCUT2D eigenvalue weighted by Crippen LogP contribution is -2.38. The quantitative estimate of drug-likeness (QED) is 0.549. The largest absolute Gasteiger partial charge is 0.364 e. The van der Waals surface area contributed by atoms with E-state index in [1.54, 1.807) is 48.5 Å². The van der Waals surface area contributed by atoms with Gasteiger partial charge in [0.1, 0.15) is 11.1 Å². The number of amides is 1. The number of rotatable bonds is 6. The first-order valence-electron chi connectivity index (χ1n) is 10.2. The van der Waals surface area contributed by atoms with Crippen molar-refractivity contribution in [2.75, 3.05) is 5.32 Å². The molecule has 1 aliphatic rings. The molecule has 3 aromatic rings. The predicted molar refractivity (Wildman–Crippen MR) is 121 cm³/mol. The van der Waals surface area contributed by atoms with Gasteiger partial charge in [0.15, 0.2) is 0 Å². The highest BCUT2D eigenvalue weighted by molar-refractivity contribution is 7.89. The maximum absolute atomic E-state index is 12.6. The number of nitrogens with one attached hydrogen (secondary N) is 3. The van der Waals surface area contributed by atoms with Gasteiger partial charge in [0.05, 0.1) is 5.69 Å². The van der Waals surface area contributed by atoms with Crippen molar-refractivity contribution in [3.8, 4) is 0 Å². The Kier molecular flexibility index (Phi) is 6.06. The fourth-order valence-electron chi connectivity index (χ4n) is 3.61. The first-order chi connectivity index (χ1) is 14.9. The molecule has 1 amide bonds. The van der Waals surface area contributed by atoms with Gasteiger partial charge in [-0.25, -0.2) is 8.42 Å². The number of fused-ring (bicyclic) bond motifs is 1. The first kappa shape index (κ1) is 21.1. The van der Waals surface area contributed by atoms with Crippen molar-refractivity contribution in [1.29, 1.82) is 0 Å². The molecule has 0 aromatic heterocycles. The number of carbonyl (C=O) groups is 1. The summed E-state index contributed by atoms with van der Waals surface area (Å²) in [6.45, 7) is 1.99. The number of carbonyl (C=O) groups excluding carboxylic acids is 1. The van der Waals surface area contributed by atoms with Crippen LogP contribution in [0.1, 0.15) is 41.0 Å². The SMILES string of the molecule is C[C@H](CCc1ccccc1)NC(=O)c1ccc([C@H]2Nc3ccccc3S(=O)(=O)N2)cc1. The number of hydrogen-bond acceptors (Lipinski definition) is 4. The molecule has 0 saturated carbocycles. The molecule has 4 rings (SSSR count). The van der Waals surface area contributed by atoms with Crippen LogP contribution >= 0.6 is 0 Å². The topological polar surface area (TPSA) is 87.3 Å². The average molecular weight is 436 g/mol. The van der Waals surface area contributed by atoms with Gasteiger partial charge in [-0.05, 0) is 55.2 Å². The van der Waals surface area contributed by atoms with Crippen LogP contribution < -0.4 is 15.4 Å². The predicted octanol–water partition coefficient (Wildman–Crippen LogP) is 3.84. The highest BCUT2D eigenvalue weighted by Gasteiger charge is 2.29. The summed E-state index contributed by atoms with van der Waals surface area (Å²) in [5.74, 6) is -0.144. The maximum Gasteiger partial charge on any atom is 0.251 e. The molecule has 0 saturated heterocycles. The van der Waals surface area contributed by atoms with E-state index in [1.807, 2.05) is 25.1 Å². The molecule has 0 radical (unpaired) electrons. The summed E-state index contributed by atoms with van der Waals surface area (Å²) < 4.78 is 27.6. The van der Waals surface area contributed by atoms with E-state index in [4.69, 9.17) is 0 Å². The van der Waals surface area contributed by atoms with Crippen LogP contribution in [0.25, 0.3) is 0 Å². The standard InChI is InChI=1S/C24H25N3O3S/c1-17(11-12-18-7-3-2-4-8-18)25-24(28)20-15-13-19(14-16-20)23-26-21-9-5-6-10-22(21)31(29,30)27-23/h2-10,13-17,23,26-27H,11-12H2,1H3,(H,25,28)/t17-,23+/m1/s1. The second kappa shape index (κ2) is 8.91. The molecule has 0 aliphatic carbocycles. The average Bonchev–Trinajstić information content (AvgIpc) is 2.78. The Morgan fingerprint density at radius 3 is 2.39 bits per heavy atom. The summed E-state index contributed by atoms with van der Waals surface area (Å²) >= 11 is 0. The van der Waals surface area contributed by atoms with Crippen molar-refractivity contribution in [2.24, 2.45) is 0 Å². The van der Waals surface area contributed by atoms with Crippen LogP contribution in [-0.2, 0) is 16.4 Å². The van der Waals surface area contributed by atoms with E-state index in [0.29, 0.717) is 11.3 Å². The number of anilines is 1. The van der Waals surface area contributed by atoms with Crippen molar-refractivity contribution in [2.45, 2.75) is 36.9 Å². The van der Waals surface area contributed by atoms with Gasteiger partial charge in [-0.15, -0.1) is 0 Å². The van der Waals surface area contributed by atoms with Gasteiger partial charge in [-0.2, -0.15) is 4.72 Å². The molecule has 3 aromatic carbocycles. The second-order valence-corrected chi connectivity index (χ2v) is 9.40. The molecule has 31 heavy (non-hydrogen) atoms. The smallest absolute Gasteiger partial charge is 0.251 e. The molecule has 160 valence electrons. The Hall–Kier alpha value is -3.16. The van der Waals surface area contributed by atoms with E-state index >= 15 is 0 Å². The van der Waals surface area contributed by atoms with Crippen molar-refractivity contribution in [1.82, 2.24) is 10.0 Å². The molecular weight excluding hydrogens is 410 g/mol. The van der Waals surface area contributed by atoms with Crippen molar-refractivity contribution in [3.05, 3.63) is 95.6 Å². The highest BCUT2D eigenvalue weighted by Crippen LogP contribution is 2.30. The monoisotopic (exact) mass is 435 g/mol. The number of benzene rings is 3. The number of para-hydroxylation sites is 1. The first-order valence-corrected chi connectivity index (χ1v) is 11.7. The summed E-state index contributed by atoms with van der Waals surface area (Å²) in [4.78, 5) is 12.8. The minimum absolute atomic E-state index is 0.0377. The molecular formula is C24H25N3O3S. The molecule has 2 atom stereocenters. The van der Waals surface area contributed by atoms with Gasteiger partial charge in [0.2, 0.25) is 10.0 Å². The van der Waals surface area contributed by atoms with E-state index in [9.17, 15) is 13.2 Å². The fraction of sp³-hybridized carbons (Fsp3) is 0.208. The Labute approximate surface area is 182 Å². The minimum Gasteiger partial charge on any atom is -0.364 e. The zero-order valence-corrected chi connectivity index (χ0v) is 18.0. The fourth-order valence-corrected chi connectivity index (χ4v) is 4.92. The van der Waals surface area contributed by atoms with Crippen LogP contribution in [0.4, 0.5) is 5.69 Å². The van der Waals surface area contributed by atoms with E-state index in [0.717, 1.165) is 18.4 Å². The van der Waals surface area contributed by atoms with Gasteiger partial charge in [0.25, 0.3) is 5.91 Å². The highest BCUT2D eigenvalue weighted by atomic mass is 32.2. The molecule has 0 unspecified atom stereocenters. The van der Waals surface area contributed by atoms with Gasteiger partial charge in [-0.1, -0.05) is 54.6 Å². The second-order valence-electron chi connectivity index (χ2n) is 7.72. The van der Waals surface area contributed by atoms with Crippen LogP contribution in [0, 0.1) is 0 Å². The molecule has 0 fully saturated rings. The van der Waals surface area contributed by atoms with Crippen LogP contribution in [0.2, 0.25) is 0 Å². The molecule has 7 heteroatoms. The lowest BCUT2D eigenvalue weighted by molar-refractivity contribution is 0.0938. The third-order valence-electron chi connectivity index (χ3n) is 5.34. The van der Waals surface area contributed by atoms with E-state index in [-0.39, 0.29) is 16.8 Å². The lowest BCUT2D eigenvalue weighted by atomic mass is 10.1. The molecule has 3 N–H and O–H groups in total. The molecule has 0 spiro atoms. The van der Waals surface area contributed by atoms with Crippen molar-refractivity contribution in [3.63, 3.8) is 0 Å². The van der Waals surface area contributed by atoms with E-state index in [2.05, 4.69) is 27.5 Å². The number of aryl methyl sites for hydroxylation is 1. The Balaban J connectivity index is 1.38. The lowest BCUT2D eigenvalue weighted by Gasteiger charge is -2.28. The third-order valence-corrected chi connectivity index (χ3v) is 6.82. The summed E-state index contributed by atoms with van der Waals surface area (Å²) in [6.07, 6.45) is 1.15.